The van der Waals surface area contributed by atoms with Crippen molar-refractivity contribution in [2.45, 2.75) is 57.8 Å². The smallest absolute Gasteiger partial charge is 0.416 e. The van der Waals surface area contributed by atoms with E-state index in [9.17, 15) is 45.6 Å². The molecule has 246 valence electrons. The summed E-state index contributed by atoms with van der Waals surface area (Å²) in [5, 5.41) is 22.9. The molecule has 4 rings (SSSR count). The standard InChI is InChI=1S/C32H30F7N3O3S/c1-17-10-22(33)4-5-23(17)28-27(24(15-40)29(46-28)42-8-6-18(7-9-42)11-26(44)45)41-16-25(43)30(2,3)19-12-20(31(34,35)36)14-21(13-19)32(37,38)39/h4-5,10,12-14,18,41H,6-9,11,16H2,1-3H3,(H,44,45). The molecule has 0 atom stereocenters. The number of Topliss-reactive ketones (excluding diaryl/α,β-unsaturated/α-hetero) is 1. The van der Waals surface area contributed by atoms with E-state index in [1.54, 1.807) is 6.92 Å². The van der Waals surface area contributed by atoms with Crippen molar-refractivity contribution in [1.82, 2.24) is 0 Å². The van der Waals surface area contributed by atoms with Crippen molar-refractivity contribution in [2.75, 3.05) is 29.9 Å². The Labute approximate surface area is 264 Å². The van der Waals surface area contributed by atoms with Crippen molar-refractivity contribution in [3.63, 3.8) is 0 Å². The Bertz CT molecular complexity index is 1650. The fourth-order valence-corrected chi connectivity index (χ4v) is 6.81. The number of thiophene rings is 1. The van der Waals surface area contributed by atoms with Gasteiger partial charge in [-0.15, -0.1) is 11.3 Å². The van der Waals surface area contributed by atoms with E-state index in [1.165, 1.54) is 43.4 Å². The summed E-state index contributed by atoms with van der Waals surface area (Å²) in [6.45, 7) is 4.47. The topological polar surface area (TPSA) is 93.4 Å². The van der Waals surface area contributed by atoms with Crippen molar-refractivity contribution < 1.29 is 45.4 Å². The van der Waals surface area contributed by atoms with E-state index >= 15 is 0 Å². The van der Waals surface area contributed by atoms with Gasteiger partial charge in [-0.25, -0.2) is 4.39 Å². The van der Waals surface area contributed by atoms with Crippen molar-refractivity contribution in [2.24, 2.45) is 5.92 Å². The molecule has 0 amide bonds. The molecule has 46 heavy (non-hydrogen) atoms. The third-order valence-electron chi connectivity index (χ3n) is 8.23. The monoisotopic (exact) mass is 669 g/mol. The van der Waals surface area contributed by atoms with Crippen LogP contribution in [0.1, 0.15) is 60.9 Å². The van der Waals surface area contributed by atoms with E-state index in [0.29, 0.717) is 59.1 Å². The zero-order valence-corrected chi connectivity index (χ0v) is 25.8. The highest BCUT2D eigenvalue weighted by molar-refractivity contribution is 7.20. The lowest BCUT2D eigenvalue weighted by atomic mass is 9.79. The SMILES string of the molecule is Cc1cc(F)ccc1-c1sc(N2CCC(CC(=O)O)CC2)c(C#N)c1NCC(=O)C(C)(C)c1cc(C(F)(F)F)cc(C(F)(F)F)c1. The Morgan fingerprint density at radius 1 is 1.00 bits per heavy atom. The molecule has 1 aliphatic heterocycles. The average molecular weight is 670 g/mol. The lowest BCUT2D eigenvalue weighted by Gasteiger charge is -2.32. The highest BCUT2D eigenvalue weighted by Gasteiger charge is 2.40. The molecule has 2 N–H and O–H groups in total. The molecule has 0 saturated carbocycles. The quantitative estimate of drug-likeness (QED) is 0.222. The summed E-state index contributed by atoms with van der Waals surface area (Å²) in [7, 11) is 0. The number of carbonyl (C=O) groups excluding carboxylic acids is 1. The van der Waals surface area contributed by atoms with Crippen molar-refractivity contribution in [3.05, 3.63) is 70.0 Å². The maximum atomic E-state index is 14.0. The van der Waals surface area contributed by atoms with Gasteiger partial charge in [0.15, 0.2) is 5.78 Å². The number of halogens is 7. The van der Waals surface area contributed by atoms with Crippen LogP contribution in [0.15, 0.2) is 36.4 Å². The molecular formula is C32H30F7N3O3S. The second-order valence-electron chi connectivity index (χ2n) is 11.8. The summed E-state index contributed by atoms with van der Waals surface area (Å²) in [6, 6.07) is 7.23. The Morgan fingerprint density at radius 2 is 1.57 bits per heavy atom. The highest BCUT2D eigenvalue weighted by atomic mass is 32.1. The summed E-state index contributed by atoms with van der Waals surface area (Å²) in [4.78, 5) is 27.1. The summed E-state index contributed by atoms with van der Waals surface area (Å²) in [5.41, 5.74) is -3.92. The third-order valence-corrected chi connectivity index (χ3v) is 9.52. The number of piperidine rings is 1. The van der Waals surface area contributed by atoms with Crippen molar-refractivity contribution in [1.29, 1.82) is 5.26 Å². The molecule has 0 spiro atoms. The number of nitrogens with zero attached hydrogens (tertiary/aromatic N) is 2. The van der Waals surface area contributed by atoms with Crippen molar-refractivity contribution in [3.8, 4) is 16.5 Å². The van der Waals surface area contributed by atoms with E-state index in [1.807, 2.05) is 4.90 Å². The molecule has 1 aliphatic rings. The van der Waals surface area contributed by atoms with Crippen LogP contribution in [0.4, 0.5) is 41.4 Å². The van der Waals surface area contributed by atoms with Crippen molar-refractivity contribution >= 4 is 33.8 Å². The first-order chi connectivity index (χ1) is 21.3. The van der Waals surface area contributed by atoms with Gasteiger partial charge in [-0.2, -0.15) is 31.6 Å². The summed E-state index contributed by atoms with van der Waals surface area (Å²) < 4.78 is 95.1. The normalized spacial score (nSPS) is 14.7. The van der Waals surface area contributed by atoms with Gasteiger partial charge in [-0.05, 0) is 86.6 Å². The first kappa shape index (κ1) is 34.7. The number of hydrogen-bond acceptors (Lipinski definition) is 6. The van der Waals surface area contributed by atoms with Crippen LogP contribution in [0.5, 0.6) is 0 Å². The minimum absolute atomic E-state index is 0.00380. The fourth-order valence-electron chi connectivity index (χ4n) is 5.44. The van der Waals surface area contributed by atoms with Gasteiger partial charge in [0.1, 0.15) is 22.5 Å². The molecule has 1 saturated heterocycles. The molecule has 3 aromatic rings. The maximum absolute atomic E-state index is 14.0. The van der Waals surface area contributed by atoms with Crippen LogP contribution in [0.3, 0.4) is 0 Å². The third kappa shape index (κ3) is 7.46. The van der Waals surface area contributed by atoms with Gasteiger partial charge in [0.25, 0.3) is 0 Å². The molecule has 1 fully saturated rings. The van der Waals surface area contributed by atoms with E-state index < -0.39 is 58.6 Å². The first-order valence-corrected chi connectivity index (χ1v) is 15.0. The number of nitrogens with one attached hydrogen (secondary N) is 1. The summed E-state index contributed by atoms with van der Waals surface area (Å²) in [6.07, 6.45) is -9.04. The highest BCUT2D eigenvalue weighted by Crippen LogP contribution is 2.48. The van der Waals surface area contributed by atoms with Crippen LogP contribution in [0, 0.1) is 30.0 Å². The maximum Gasteiger partial charge on any atom is 0.416 e. The molecule has 0 bridgehead atoms. The minimum atomic E-state index is -5.09. The molecule has 2 aromatic carbocycles. The van der Waals surface area contributed by atoms with Gasteiger partial charge in [0.05, 0.1) is 33.7 Å². The van der Waals surface area contributed by atoms with Crippen LogP contribution < -0.4 is 10.2 Å². The van der Waals surface area contributed by atoms with Crippen LogP contribution in [-0.2, 0) is 27.4 Å². The second-order valence-corrected chi connectivity index (χ2v) is 12.8. The number of carbonyl (C=O) groups is 2. The van der Waals surface area contributed by atoms with Crippen LogP contribution in [0.2, 0.25) is 0 Å². The van der Waals surface area contributed by atoms with Gasteiger partial charge < -0.3 is 15.3 Å². The predicted octanol–water partition coefficient (Wildman–Crippen LogP) is 8.42. The second kappa shape index (κ2) is 12.9. The number of carboxylic acids is 1. The van der Waals surface area contributed by atoms with Crippen LogP contribution in [-0.4, -0.2) is 36.5 Å². The molecule has 14 heteroatoms. The molecule has 2 heterocycles. The number of nitriles is 1. The Hall–Kier alpha value is -4.12. The van der Waals surface area contributed by atoms with Crippen LogP contribution >= 0.6 is 11.3 Å². The van der Waals surface area contributed by atoms with E-state index in [4.69, 9.17) is 5.11 Å². The number of alkyl halides is 6. The lowest BCUT2D eigenvalue weighted by molar-refractivity contribution is -0.143. The molecule has 0 radical (unpaired) electrons. The number of benzene rings is 2. The van der Waals surface area contributed by atoms with Gasteiger partial charge in [0, 0.05) is 19.5 Å². The fraction of sp³-hybridized carbons (Fsp3) is 0.406. The number of aryl methyl sites for hydroxylation is 1. The number of hydrogen-bond donors (Lipinski definition) is 2. The van der Waals surface area contributed by atoms with Gasteiger partial charge in [-0.3, -0.25) is 9.59 Å². The Balaban J connectivity index is 1.71. The zero-order valence-electron chi connectivity index (χ0n) is 25.0. The number of anilines is 2. The Morgan fingerprint density at radius 3 is 2.07 bits per heavy atom. The summed E-state index contributed by atoms with van der Waals surface area (Å²) in [5.74, 6) is -2.18. The lowest BCUT2D eigenvalue weighted by Crippen LogP contribution is -2.35. The first-order valence-electron chi connectivity index (χ1n) is 14.2. The largest absolute Gasteiger partial charge is 0.481 e. The number of carboxylic acid groups (broad SMARTS) is 1. The van der Waals surface area contributed by atoms with Gasteiger partial charge in [-0.1, -0.05) is 6.07 Å². The predicted molar refractivity (Wildman–Crippen MR) is 159 cm³/mol. The zero-order chi connectivity index (χ0) is 34.2. The number of rotatable bonds is 9. The van der Waals surface area contributed by atoms with Gasteiger partial charge in [0.2, 0.25) is 0 Å². The van der Waals surface area contributed by atoms with Gasteiger partial charge >= 0.3 is 18.3 Å². The van der Waals surface area contributed by atoms with Crippen LogP contribution in [0.25, 0.3) is 10.4 Å². The molecular weight excluding hydrogens is 639 g/mol. The van der Waals surface area contributed by atoms with E-state index in [-0.39, 0.29) is 29.7 Å². The number of ketones is 1. The Kier molecular flexibility index (Phi) is 9.78. The summed E-state index contributed by atoms with van der Waals surface area (Å²) >= 11 is 1.21. The minimum Gasteiger partial charge on any atom is -0.481 e. The molecule has 0 aliphatic carbocycles. The van der Waals surface area contributed by atoms with E-state index in [0.717, 1.165) is 0 Å². The molecule has 1 aromatic heterocycles. The average Bonchev–Trinajstić information content (AvgIpc) is 3.32. The molecule has 6 nitrogen and oxygen atoms in total. The molecule has 0 unspecified atom stereocenters. The van der Waals surface area contributed by atoms with E-state index in [2.05, 4.69) is 11.4 Å². The number of aliphatic carboxylic acids is 1.